The van der Waals surface area contributed by atoms with Crippen molar-refractivity contribution in [1.29, 1.82) is 0 Å². The third-order valence-electron chi connectivity index (χ3n) is 2.72. The zero-order valence-electron chi connectivity index (χ0n) is 7.76. The Morgan fingerprint density at radius 3 is 2.86 bits per heavy atom. The van der Waals surface area contributed by atoms with E-state index in [2.05, 4.69) is 0 Å². The topological polar surface area (TPSA) is 26.3 Å². The summed E-state index contributed by atoms with van der Waals surface area (Å²) in [4.78, 5) is 11.6. The molecule has 78 valence electrons. The molecule has 1 atom stereocenters. The number of hydrogen-bond donors (Lipinski definition) is 0. The molecule has 0 saturated heterocycles. The van der Waals surface area contributed by atoms with Gasteiger partial charge in [0.15, 0.2) is 11.5 Å². The summed E-state index contributed by atoms with van der Waals surface area (Å²) in [5, 5.41) is 0. The molecule has 0 radical (unpaired) electrons. The first-order chi connectivity index (χ1) is 6.58. The van der Waals surface area contributed by atoms with Crippen LogP contribution in [0, 0.1) is 5.92 Å². The Balaban J connectivity index is 2.00. The van der Waals surface area contributed by atoms with Crippen LogP contribution in [0.25, 0.3) is 0 Å². The fourth-order valence-corrected chi connectivity index (χ4v) is 1.96. The highest BCUT2D eigenvalue weighted by Gasteiger charge is 2.43. The van der Waals surface area contributed by atoms with Crippen molar-refractivity contribution in [3.8, 4) is 0 Å². The van der Waals surface area contributed by atoms with E-state index in [1.165, 1.54) is 0 Å². The molecule has 2 aliphatic rings. The molecule has 1 saturated carbocycles. The molecule has 0 aromatic rings. The van der Waals surface area contributed by atoms with E-state index in [-0.39, 0.29) is 25.0 Å². The van der Waals surface area contributed by atoms with E-state index in [9.17, 15) is 13.6 Å². The number of carbonyl (C=O) groups is 1. The Morgan fingerprint density at radius 2 is 2.36 bits per heavy atom. The van der Waals surface area contributed by atoms with Crippen LogP contribution in [0.3, 0.4) is 0 Å². The van der Waals surface area contributed by atoms with E-state index in [0.717, 1.165) is 0 Å². The molecule has 0 N–H and O–H groups in total. The average molecular weight is 202 g/mol. The first-order valence-corrected chi connectivity index (χ1v) is 4.83. The maximum absolute atomic E-state index is 12.8. The van der Waals surface area contributed by atoms with Gasteiger partial charge in [0.25, 0.3) is 0 Å². The second kappa shape index (κ2) is 3.33. The molecule has 1 aliphatic carbocycles. The molecule has 1 unspecified atom stereocenters. The minimum Gasteiger partial charge on any atom is -0.490 e. The third-order valence-corrected chi connectivity index (χ3v) is 2.72. The van der Waals surface area contributed by atoms with Gasteiger partial charge in [0.05, 0.1) is 6.61 Å². The average Bonchev–Trinajstić information content (AvgIpc) is 2.72. The summed E-state index contributed by atoms with van der Waals surface area (Å²) < 4.78 is 30.7. The normalized spacial score (nSPS) is 29.9. The molecule has 1 heterocycles. The molecule has 2 nitrogen and oxygen atoms in total. The van der Waals surface area contributed by atoms with Gasteiger partial charge in [-0.2, -0.15) is 0 Å². The van der Waals surface area contributed by atoms with E-state index in [4.69, 9.17) is 4.74 Å². The van der Waals surface area contributed by atoms with Gasteiger partial charge in [-0.1, -0.05) is 0 Å². The maximum Gasteiger partial charge on any atom is 0.248 e. The number of hydrogen-bond acceptors (Lipinski definition) is 2. The van der Waals surface area contributed by atoms with E-state index in [1.54, 1.807) is 6.08 Å². The SMILES string of the molecule is O=C(C1=CCCO1)C1CCC(F)(F)C1. The molecule has 4 heteroatoms. The van der Waals surface area contributed by atoms with Crippen LogP contribution < -0.4 is 0 Å². The highest BCUT2D eigenvalue weighted by atomic mass is 19.3. The number of halogens is 2. The molecule has 1 fully saturated rings. The predicted molar refractivity (Wildman–Crippen MR) is 45.9 cm³/mol. The van der Waals surface area contributed by atoms with Gasteiger partial charge in [0, 0.05) is 25.2 Å². The lowest BCUT2D eigenvalue weighted by Crippen LogP contribution is -2.17. The molecule has 0 bridgehead atoms. The summed E-state index contributed by atoms with van der Waals surface area (Å²) in [5.41, 5.74) is 0. The van der Waals surface area contributed by atoms with Crippen LogP contribution >= 0.6 is 0 Å². The van der Waals surface area contributed by atoms with Crippen molar-refractivity contribution < 1.29 is 18.3 Å². The predicted octanol–water partition coefficient (Wildman–Crippen LogP) is 2.30. The Bertz CT molecular complexity index is 284. The molecule has 0 spiro atoms. The second-order valence-electron chi connectivity index (χ2n) is 3.87. The highest BCUT2D eigenvalue weighted by Crippen LogP contribution is 2.40. The lowest BCUT2D eigenvalue weighted by Gasteiger charge is -2.10. The van der Waals surface area contributed by atoms with E-state index in [1.807, 2.05) is 0 Å². The number of Topliss-reactive ketones (excluding diaryl/α,β-unsaturated/α-hetero) is 1. The Kier molecular flexibility index (Phi) is 2.29. The molecule has 14 heavy (non-hydrogen) atoms. The van der Waals surface area contributed by atoms with Crippen LogP contribution in [-0.4, -0.2) is 18.3 Å². The number of ketones is 1. The van der Waals surface area contributed by atoms with Gasteiger partial charge in [-0.15, -0.1) is 0 Å². The van der Waals surface area contributed by atoms with Crippen molar-refractivity contribution in [2.75, 3.05) is 6.61 Å². The van der Waals surface area contributed by atoms with Gasteiger partial charge >= 0.3 is 0 Å². The first kappa shape index (κ1) is 9.62. The van der Waals surface area contributed by atoms with Crippen molar-refractivity contribution in [3.05, 3.63) is 11.8 Å². The number of alkyl halides is 2. The van der Waals surface area contributed by atoms with Crippen LogP contribution in [0.1, 0.15) is 25.7 Å². The lowest BCUT2D eigenvalue weighted by atomic mass is 10.0. The van der Waals surface area contributed by atoms with Crippen LogP contribution in [0.2, 0.25) is 0 Å². The van der Waals surface area contributed by atoms with E-state index >= 15 is 0 Å². The van der Waals surface area contributed by atoms with Crippen LogP contribution in [-0.2, 0) is 9.53 Å². The van der Waals surface area contributed by atoms with Gasteiger partial charge in [-0.25, -0.2) is 8.78 Å². The van der Waals surface area contributed by atoms with Crippen LogP contribution in [0.15, 0.2) is 11.8 Å². The van der Waals surface area contributed by atoms with E-state index < -0.39 is 11.8 Å². The maximum atomic E-state index is 12.8. The zero-order valence-corrected chi connectivity index (χ0v) is 7.76. The van der Waals surface area contributed by atoms with Crippen LogP contribution in [0.4, 0.5) is 8.78 Å². The third kappa shape index (κ3) is 1.79. The summed E-state index contributed by atoms with van der Waals surface area (Å²) in [6.45, 7) is 0.504. The summed E-state index contributed by atoms with van der Waals surface area (Å²) >= 11 is 0. The van der Waals surface area contributed by atoms with Crippen molar-refractivity contribution in [2.24, 2.45) is 5.92 Å². The smallest absolute Gasteiger partial charge is 0.248 e. The number of carbonyl (C=O) groups excluding carboxylic acids is 1. The summed E-state index contributed by atoms with van der Waals surface area (Å²) in [5.74, 6) is -3.12. The fourth-order valence-electron chi connectivity index (χ4n) is 1.96. The van der Waals surface area contributed by atoms with Gasteiger partial charge < -0.3 is 4.74 Å². The fraction of sp³-hybridized carbons (Fsp3) is 0.700. The Labute approximate surface area is 80.9 Å². The number of ether oxygens (including phenoxy) is 1. The van der Waals surface area contributed by atoms with Crippen LogP contribution in [0.5, 0.6) is 0 Å². The van der Waals surface area contributed by atoms with Gasteiger partial charge in [0.1, 0.15) is 0 Å². The lowest BCUT2D eigenvalue weighted by molar-refractivity contribution is -0.123. The number of allylic oxidation sites excluding steroid dienone is 1. The Hall–Kier alpha value is -0.930. The highest BCUT2D eigenvalue weighted by molar-refractivity contribution is 5.95. The van der Waals surface area contributed by atoms with E-state index in [0.29, 0.717) is 18.8 Å². The van der Waals surface area contributed by atoms with Crippen molar-refractivity contribution in [3.63, 3.8) is 0 Å². The summed E-state index contributed by atoms with van der Waals surface area (Å²) in [7, 11) is 0. The molecule has 0 amide bonds. The summed E-state index contributed by atoms with van der Waals surface area (Å²) in [6, 6.07) is 0. The van der Waals surface area contributed by atoms with Gasteiger partial charge in [-0.05, 0) is 12.5 Å². The first-order valence-electron chi connectivity index (χ1n) is 4.83. The minimum absolute atomic E-state index is 0.170. The largest absolute Gasteiger partial charge is 0.490 e. The standard InChI is InChI=1S/C10H12F2O2/c11-10(12)4-3-7(6-10)9(13)8-2-1-5-14-8/h2,7H,1,3-6H2. The molecule has 0 aromatic carbocycles. The molecule has 1 aliphatic heterocycles. The summed E-state index contributed by atoms with van der Waals surface area (Å²) in [6.07, 6.45) is 2.21. The molecular weight excluding hydrogens is 190 g/mol. The number of rotatable bonds is 2. The minimum atomic E-state index is -2.65. The van der Waals surface area contributed by atoms with Crippen molar-refractivity contribution >= 4 is 5.78 Å². The zero-order chi connectivity index (χ0) is 10.2. The van der Waals surface area contributed by atoms with Crippen molar-refractivity contribution in [1.82, 2.24) is 0 Å². The molecule has 2 rings (SSSR count). The quantitative estimate of drug-likeness (QED) is 0.686. The van der Waals surface area contributed by atoms with Crippen molar-refractivity contribution in [2.45, 2.75) is 31.6 Å². The molecular formula is C10H12F2O2. The molecule has 0 aromatic heterocycles. The Morgan fingerprint density at radius 1 is 1.57 bits per heavy atom. The second-order valence-corrected chi connectivity index (χ2v) is 3.87. The van der Waals surface area contributed by atoms with Gasteiger partial charge in [0.2, 0.25) is 5.92 Å². The van der Waals surface area contributed by atoms with Gasteiger partial charge in [-0.3, -0.25) is 4.79 Å². The monoisotopic (exact) mass is 202 g/mol.